The number of hydrogen-bond donors (Lipinski definition) is 1. The van der Waals surface area contributed by atoms with Crippen molar-refractivity contribution in [3.05, 3.63) is 34.9 Å². The summed E-state index contributed by atoms with van der Waals surface area (Å²) in [7, 11) is 0. The van der Waals surface area contributed by atoms with Crippen molar-refractivity contribution in [3.8, 4) is 0 Å². The molecule has 1 heterocycles. The lowest BCUT2D eigenvalue weighted by Crippen LogP contribution is -2.33. The van der Waals surface area contributed by atoms with Crippen LogP contribution in [0.2, 0.25) is 5.02 Å². The molecule has 0 spiro atoms. The van der Waals surface area contributed by atoms with E-state index < -0.39 is 0 Å². The minimum atomic E-state index is -0.263. The SMILES string of the molecule is NC(=O)CN1CCCC1c1ccc(Cl)cc1. The Morgan fingerprint density at radius 2 is 2.12 bits per heavy atom. The standard InChI is InChI=1S/C12H15ClN2O/c13-10-5-3-9(4-6-10)11-2-1-7-15(11)8-12(14)16/h3-6,11H,1-2,7-8H2,(H2,14,16). The minimum absolute atomic E-state index is 0.263. The molecule has 1 saturated heterocycles. The van der Waals surface area contributed by atoms with Gasteiger partial charge in [-0.1, -0.05) is 23.7 Å². The van der Waals surface area contributed by atoms with Gasteiger partial charge < -0.3 is 5.73 Å². The van der Waals surface area contributed by atoms with Gasteiger partial charge in [0.2, 0.25) is 5.91 Å². The van der Waals surface area contributed by atoms with Gasteiger partial charge in [-0.15, -0.1) is 0 Å². The van der Waals surface area contributed by atoms with Crippen molar-refractivity contribution in [2.45, 2.75) is 18.9 Å². The van der Waals surface area contributed by atoms with E-state index in [0.29, 0.717) is 12.6 Å². The van der Waals surface area contributed by atoms with E-state index in [1.165, 1.54) is 5.56 Å². The third-order valence-electron chi connectivity index (χ3n) is 2.98. The van der Waals surface area contributed by atoms with Crippen LogP contribution in [0, 0.1) is 0 Å². The summed E-state index contributed by atoms with van der Waals surface area (Å²) < 4.78 is 0. The van der Waals surface area contributed by atoms with Gasteiger partial charge in [0.15, 0.2) is 0 Å². The highest BCUT2D eigenvalue weighted by atomic mass is 35.5. The van der Waals surface area contributed by atoms with Crippen LogP contribution in [0.3, 0.4) is 0 Å². The molecule has 3 nitrogen and oxygen atoms in total. The third kappa shape index (κ3) is 2.54. The fourth-order valence-corrected chi connectivity index (χ4v) is 2.40. The van der Waals surface area contributed by atoms with Gasteiger partial charge >= 0.3 is 0 Å². The van der Waals surface area contributed by atoms with Gasteiger partial charge in [-0.3, -0.25) is 9.69 Å². The summed E-state index contributed by atoms with van der Waals surface area (Å²) in [6.07, 6.45) is 2.19. The molecule has 0 aromatic heterocycles. The van der Waals surface area contributed by atoms with Gasteiger partial charge in [-0.25, -0.2) is 0 Å². The van der Waals surface area contributed by atoms with Crippen LogP contribution in [0.1, 0.15) is 24.4 Å². The maximum absolute atomic E-state index is 10.9. The summed E-state index contributed by atoms with van der Waals surface area (Å²) in [5, 5.41) is 0.739. The molecule has 1 aromatic rings. The number of halogens is 1. The Balaban J connectivity index is 2.13. The molecule has 1 aromatic carbocycles. The van der Waals surface area contributed by atoms with Crippen LogP contribution in [0.5, 0.6) is 0 Å². The van der Waals surface area contributed by atoms with E-state index in [9.17, 15) is 4.79 Å². The van der Waals surface area contributed by atoms with Gasteiger partial charge in [0, 0.05) is 11.1 Å². The van der Waals surface area contributed by atoms with Crippen molar-refractivity contribution in [2.24, 2.45) is 5.73 Å². The number of nitrogens with zero attached hydrogens (tertiary/aromatic N) is 1. The first-order valence-corrected chi connectivity index (χ1v) is 5.82. The molecule has 4 heteroatoms. The zero-order valence-electron chi connectivity index (χ0n) is 9.03. The molecular formula is C12H15ClN2O. The summed E-state index contributed by atoms with van der Waals surface area (Å²) >= 11 is 5.85. The van der Waals surface area contributed by atoms with E-state index in [4.69, 9.17) is 17.3 Å². The lowest BCUT2D eigenvalue weighted by atomic mass is 10.0. The Kier molecular flexibility index (Phi) is 3.46. The zero-order valence-corrected chi connectivity index (χ0v) is 9.78. The number of likely N-dealkylation sites (tertiary alicyclic amines) is 1. The molecule has 2 rings (SSSR count). The second kappa shape index (κ2) is 4.85. The summed E-state index contributed by atoms with van der Waals surface area (Å²) in [5.74, 6) is -0.263. The van der Waals surface area contributed by atoms with Crippen LogP contribution in [0.15, 0.2) is 24.3 Å². The smallest absolute Gasteiger partial charge is 0.231 e. The first kappa shape index (κ1) is 11.4. The van der Waals surface area contributed by atoms with Crippen LogP contribution in [0.25, 0.3) is 0 Å². The normalized spacial score (nSPS) is 21.2. The zero-order chi connectivity index (χ0) is 11.5. The summed E-state index contributed by atoms with van der Waals surface area (Å²) in [6, 6.07) is 8.12. The number of primary amides is 1. The molecule has 1 aliphatic rings. The van der Waals surface area contributed by atoms with Crippen molar-refractivity contribution >= 4 is 17.5 Å². The fourth-order valence-electron chi connectivity index (χ4n) is 2.28. The Bertz CT molecular complexity index is 377. The highest BCUT2D eigenvalue weighted by Gasteiger charge is 2.26. The summed E-state index contributed by atoms with van der Waals surface area (Å²) in [4.78, 5) is 13.1. The topological polar surface area (TPSA) is 46.3 Å². The predicted octanol–water partition coefficient (Wildman–Crippen LogP) is 1.96. The Morgan fingerprint density at radius 3 is 2.75 bits per heavy atom. The average Bonchev–Trinajstić information content (AvgIpc) is 2.66. The first-order chi connectivity index (χ1) is 7.66. The van der Waals surface area contributed by atoms with E-state index in [1.54, 1.807) is 0 Å². The second-order valence-corrected chi connectivity index (χ2v) is 4.58. The molecule has 1 atom stereocenters. The maximum atomic E-state index is 10.9. The first-order valence-electron chi connectivity index (χ1n) is 5.44. The van der Waals surface area contributed by atoms with Gasteiger partial charge in [0.05, 0.1) is 6.54 Å². The van der Waals surface area contributed by atoms with E-state index in [2.05, 4.69) is 4.90 Å². The molecule has 1 unspecified atom stereocenters. The number of carbonyl (C=O) groups excluding carboxylic acids is 1. The van der Waals surface area contributed by atoms with Crippen LogP contribution in [-0.2, 0) is 4.79 Å². The van der Waals surface area contributed by atoms with E-state index in [0.717, 1.165) is 24.4 Å². The third-order valence-corrected chi connectivity index (χ3v) is 3.23. The van der Waals surface area contributed by atoms with Crippen molar-refractivity contribution < 1.29 is 4.79 Å². The number of carbonyl (C=O) groups is 1. The van der Waals surface area contributed by atoms with Crippen molar-refractivity contribution in [2.75, 3.05) is 13.1 Å². The fraction of sp³-hybridized carbons (Fsp3) is 0.417. The molecule has 0 bridgehead atoms. The largest absolute Gasteiger partial charge is 0.369 e. The summed E-state index contributed by atoms with van der Waals surface area (Å²) in [6.45, 7) is 1.28. The summed E-state index contributed by atoms with van der Waals surface area (Å²) in [5.41, 5.74) is 6.45. The maximum Gasteiger partial charge on any atom is 0.231 e. The quantitative estimate of drug-likeness (QED) is 0.875. The van der Waals surface area contributed by atoms with E-state index >= 15 is 0 Å². The molecular weight excluding hydrogens is 224 g/mol. The van der Waals surface area contributed by atoms with Gasteiger partial charge in [0.1, 0.15) is 0 Å². The molecule has 16 heavy (non-hydrogen) atoms. The molecule has 2 N–H and O–H groups in total. The second-order valence-electron chi connectivity index (χ2n) is 4.15. The molecule has 1 amide bonds. The Hall–Kier alpha value is -1.06. The van der Waals surface area contributed by atoms with E-state index in [-0.39, 0.29) is 5.91 Å². The highest BCUT2D eigenvalue weighted by molar-refractivity contribution is 6.30. The molecule has 0 aliphatic carbocycles. The van der Waals surface area contributed by atoms with Gasteiger partial charge in [-0.2, -0.15) is 0 Å². The Morgan fingerprint density at radius 1 is 1.44 bits per heavy atom. The molecule has 0 saturated carbocycles. The van der Waals surface area contributed by atoms with Crippen LogP contribution in [0.4, 0.5) is 0 Å². The van der Waals surface area contributed by atoms with Gasteiger partial charge in [-0.05, 0) is 37.1 Å². The molecule has 1 aliphatic heterocycles. The van der Waals surface area contributed by atoms with Crippen LogP contribution < -0.4 is 5.73 Å². The van der Waals surface area contributed by atoms with Crippen LogP contribution >= 0.6 is 11.6 Å². The lowest BCUT2D eigenvalue weighted by molar-refractivity contribution is -0.119. The van der Waals surface area contributed by atoms with Crippen molar-refractivity contribution in [1.29, 1.82) is 0 Å². The predicted molar refractivity (Wildman–Crippen MR) is 64.2 cm³/mol. The monoisotopic (exact) mass is 238 g/mol. The number of hydrogen-bond acceptors (Lipinski definition) is 2. The van der Waals surface area contributed by atoms with Crippen molar-refractivity contribution in [1.82, 2.24) is 4.90 Å². The van der Waals surface area contributed by atoms with Crippen molar-refractivity contribution in [3.63, 3.8) is 0 Å². The Labute approximate surface area is 100 Å². The number of amides is 1. The average molecular weight is 239 g/mol. The van der Waals surface area contributed by atoms with Gasteiger partial charge in [0.25, 0.3) is 0 Å². The number of rotatable bonds is 3. The number of benzene rings is 1. The lowest BCUT2D eigenvalue weighted by Gasteiger charge is -2.23. The van der Waals surface area contributed by atoms with E-state index in [1.807, 2.05) is 24.3 Å². The minimum Gasteiger partial charge on any atom is -0.369 e. The molecule has 1 fully saturated rings. The number of nitrogens with two attached hydrogens (primary N) is 1. The molecule has 86 valence electrons. The van der Waals surface area contributed by atoms with Crippen LogP contribution in [-0.4, -0.2) is 23.9 Å². The molecule has 0 radical (unpaired) electrons. The highest BCUT2D eigenvalue weighted by Crippen LogP contribution is 2.31.